The van der Waals surface area contributed by atoms with Gasteiger partial charge in [-0.2, -0.15) is 0 Å². The van der Waals surface area contributed by atoms with Crippen molar-refractivity contribution in [1.29, 1.82) is 0 Å². The van der Waals surface area contributed by atoms with Crippen LogP contribution in [0, 0.1) is 0 Å². The lowest BCUT2D eigenvalue weighted by Gasteiger charge is -2.33. The SMILES string of the molecule is NOC1CCCN(c2cccc(Cl)c2Cl)C1. The number of halogens is 2. The first kappa shape index (κ1) is 12.0. The Balaban J connectivity index is 2.20. The number of anilines is 1. The lowest BCUT2D eigenvalue weighted by Crippen LogP contribution is -2.40. The minimum Gasteiger partial charge on any atom is -0.368 e. The van der Waals surface area contributed by atoms with Crippen LogP contribution in [0.3, 0.4) is 0 Å². The Bertz CT molecular complexity index is 373. The van der Waals surface area contributed by atoms with E-state index in [1.165, 1.54) is 0 Å². The van der Waals surface area contributed by atoms with Crippen LogP contribution in [0.25, 0.3) is 0 Å². The summed E-state index contributed by atoms with van der Waals surface area (Å²) in [6.07, 6.45) is 2.11. The van der Waals surface area contributed by atoms with Gasteiger partial charge in [0.1, 0.15) is 0 Å². The Morgan fingerprint density at radius 2 is 2.19 bits per heavy atom. The number of nitrogens with zero attached hydrogens (tertiary/aromatic N) is 1. The number of hydrogen-bond donors (Lipinski definition) is 1. The van der Waals surface area contributed by atoms with E-state index in [1.807, 2.05) is 12.1 Å². The number of rotatable bonds is 2. The molecule has 1 heterocycles. The van der Waals surface area contributed by atoms with E-state index in [4.69, 9.17) is 33.9 Å². The molecule has 3 nitrogen and oxygen atoms in total. The maximum absolute atomic E-state index is 6.17. The lowest BCUT2D eigenvalue weighted by atomic mass is 10.1. The third-order valence-electron chi connectivity index (χ3n) is 2.84. The lowest BCUT2D eigenvalue weighted by molar-refractivity contribution is 0.0435. The monoisotopic (exact) mass is 260 g/mol. The summed E-state index contributed by atoms with van der Waals surface area (Å²) in [6.45, 7) is 1.72. The van der Waals surface area contributed by atoms with Gasteiger partial charge in [0.2, 0.25) is 0 Å². The standard InChI is InChI=1S/C11H14Cl2N2O/c12-9-4-1-5-10(11(9)13)15-6-2-3-8(7-15)16-14/h1,4-5,8H,2-3,6-7,14H2. The number of nitrogens with two attached hydrogens (primary N) is 1. The van der Waals surface area contributed by atoms with E-state index in [0.717, 1.165) is 31.6 Å². The Hall–Kier alpha value is -0.480. The fourth-order valence-electron chi connectivity index (χ4n) is 2.00. The van der Waals surface area contributed by atoms with Crippen LogP contribution in [0.5, 0.6) is 0 Å². The van der Waals surface area contributed by atoms with Crippen molar-refractivity contribution in [1.82, 2.24) is 0 Å². The zero-order valence-corrected chi connectivity index (χ0v) is 10.3. The Morgan fingerprint density at radius 1 is 1.38 bits per heavy atom. The molecule has 2 rings (SSSR count). The van der Waals surface area contributed by atoms with Crippen molar-refractivity contribution in [3.8, 4) is 0 Å². The Labute approximate surface area is 105 Å². The molecule has 1 aliphatic heterocycles. The van der Waals surface area contributed by atoms with Crippen LogP contribution >= 0.6 is 23.2 Å². The Kier molecular flexibility index (Phi) is 3.92. The van der Waals surface area contributed by atoms with E-state index in [-0.39, 0.29) is 6.10 Å². The van der Waals surface area contributed by atoms with Crippen molar-refractivity contribution in [2.24, 2.45) is 5.90 Å². The number of piperidine rings is 1. The van der Waals surface area contributed by atoms with Gasteiger partial charge in [0.15, 0.2) is 0 Å². The molecule has 2 N–H and O–H groups in total. The zero-order chi connectivity index (χ0) is 11.5. The van der Waals surface area contributed by atoms with Crippen molar-refractivity contribution in [2.45, 2.75) is 18.9 Å². The molecule has 0 radical (unpaired) electrons. The molecular formula is C11H14Cl2N2O. The van der Waals surface area contributed by atoms with Crippen molar-refractivity contribution < 1.29 is 4.84 Å². The predicted molar refractivity (Wildman–Crippen MR) is 67.0 cm³/mol. The summed E-state index contributed by atoms with van der Waals surface area (Å²) >= 11 is 12.2. The highest BCUT2D eigenvalue weighted by atomic mass is 35.5. The molecule has 1 aromatic carbocycles. The van der Waals surface area contributed by atoms with Gasteiger partial charge in [0.25, 0.3) is 0 Å². The van der Waals surface area contributed by atoms with Gasteiger partial charge in [0.05, 0.1) is 21.8 Å². The molecule has 0 saturated carbocycles. The van der Waals surface area contributed by atoms with Crippen LogP contribution in [0.1, 0.15) is 12.8 Å². The van der Waals surface area contributed by atoms with Gasteiger partial charge in [-0.05, 0) is 25.0 Å². The van der Waals surface area contributed by atoms with Gasteiger partial charge in [-0.15, -0.1) is 0 Å². The van der Waals surface area contributed by atoms with E-state index >= 15 is 0 Å². The number of hydrogen-bond acceptors (Lipinski definition) is 3. The van der Waals surface area contributed by atoms with Crippen molar-refractivity contribution in [3.63, 3.8) is 0 Å². The fraction of sp³-hybridized carbons (Fsp3) is 0.455. The van der Waals surface area contributed by atoms with Crippen LogP contribution in [-0.4, -0.2) is 19.2 Å². The normalized spacial score (nSPS) is 21.2. The molecule has 88 valence electrons. The summed E-state index contributed by atoms with van der Waals surface area (Å²) in [7, 11) is 0. The molecule has 1 fully saturated rings. The molecule has 0 aliphatic carbocycles. The quantitative estimate of drug-likeness (QED) is 0.832. The molecule has 1 saturated heterocycles. The predicted octanol–water partition coefficient (Wildman–Crippen LogP) is 2.85. The highest BCUT2D eigenvalue weighted by Gasteiger charge is 2.22. The molecular weight excluding hydrogens is 247 g/mol. The van der Waals surface area contributed by atoms with Gasteiger partial charge < -0.3 is 4.90 Å². The fourth-order valence-corrected chi connectivity index (χ4v) is 2.42. The largest absolute Gasteiger partial charge is 0.368 e. The van der Waals surface area contributed by atoms with E-state index in [0.29, 0.717) is 10.0 Å². The van der Waals surface area contributed by atoms with Gasteiger partial charge >= 0.3 is 0 Å². The first-order valence-corrected chi connectivity index (χ1v) is 6.02. The molecule has 5 heteroatoms. The summed E-state index contributed by atoms with van der Waals surface area (Å²) in [5, 5.41) is 1.18. The summed E-state index contributed by atoms with van der Waals surface area (Å²) in [4.78, 5) is 7.06. The average molecular weight is 261 g/mol. The Morgan fingerprint density at radius 3 is 2.94 bits per heavy atom. The minimum atomic E-state index is 0.0730. The van der Waals surface area contributed by atoms with E-state index in [2.05, 4.69) is 4.90 Å². The smallest absolute Gasteiger partial charge is 0.0962 e. The van der Waals surface area contributed by atoms with Crippen molar-refractivity contribution in [3.05, 3.63) is 28.2 Å². The first-order valence-electron chi connectivity index (χ1n) is 5.27. The maximum Gasteiger partial charge on any atom is 0.0962 e. The van der Waals surface area contributed by atoms with Crippen molar-refractivity contribution in [2.75, 3.05) is 18.0 Å². The molecule has 0 aromatic heterocycles. The van der Waals surface area contributed by atoms with E-state index in [9.17, 15) is 0 Å². The van der Waals surface area contributed by atoms with Gasteiger partial charge in [-0.3, -0.25) is 4.84 Å². The minimum absolute atomic E-state index is 0.0730. The summed E-state index contributed by atoms with van der Waals surface area (Å²) < 4.78 is 0. The molecule has 1 unspecified atom stereocenters. The number of benzene rings is 1. The summed E-state index contributed by atoms with van der Waals surface area (Å²) in [5.74, 6) is 5.23. The van der Waals surface area contributed by atoms with Crippen LogP contribution in [0.2, 0.25) is 10.0 Å². The zero-order valence-electron chi connectivity index (χ0n) is 8.83. The second-order valence-corrected chi connectivity index (χ2v) is 4.70. The van der Waals surface area contributed by atoms with Crippen LogP contribution in [0.4, 0.5) is 5.69 Å². The van der Waals surface area contributed by atoms with Gasteiger partial charge in [0, 0.05) is 13.1 Å². The average Bonchev–Trinajstić information content (AvgIpc) is 2.33. The molecule has 1 aromatic rings. The molecule has 16 heavy (non-hydrogen) atoms. The molecule has 1 aliphatic rings. The second kappa shape index (κ2) is 5.23. The first-order chi connectivity index (χ1) is 7.72. The third-order valence-corrected chi connectivity index (χ3v) is 3.65. The highest BCUT2D eigenvalue weighted by Crippen LogP contribution is 2.33. The van der Waals surface area contributed by atoms with Crippen molar-refractivity contribution >= 4 is 28.9 Å². The summed E-state index contributed by atoms with van der Waals surface area (Å²) in [6, 6.07) is 5.65. The van der Waals surface area contributed by atoms with Crippen LogP contribution in [0.15, 0.2) is 18.2 Å². The van der Waals surface area contributed by atoms with Crippen LogP contribution < -0.4 is 10.8 Å². The molecule has 0 spiro atoms. The topological polar surface area (TPSA) is 38.5 Å². The van der Waals surface area contributed by atoms with E-state index < -0.39 is 0 Å². The van der Waals surface area contributed by atoms with Crippen LogP contribution in [-0.2, 0) is 4.84 Å². The summed E-state index contributed by atoms with van der Waals surface area (Å²) in [5.41, 5.74) is 0.955. The van der Waals surface area contributed by atoms with E-state index in [1.54, 1.807) is 6.07 Å². The second-order valence-electron chi connectivity index (χ2n) is 3.92. The maximum atomic E-state index is 6.17. The molecule has 0 bridgehead atoms. The molecule has 0 amide bonds. The highest BCUT2D eigenvalue weighted by molar-refractivity contribution is 6.43. The van der Waals surface area contributed by atoms with Gasteiger partial charge in [-0.1, -0.05) is 29.3 Å². The van der Waals surface area contributed by atoms with Gasteiger partial charge in [-0.25, -0.2) is 5.90 Å². The third kappa shape index (κ3) is 2.43. The molecule has 1 atom stereocenters.